The largest absolute Gasteiger partial charge is 0.441 e. The van der Waals surface area contributed by atoms with Gasteiger partial charge in [-0.1, -0.05) is 19.1 Å². The van der Waals surface area contributed by atoms with E-state index in [0.29, 0.717) is 29.8 Å². The molecule has 0 radical (unpaired) electrons. The van der Waals surface area contributed by atoms with E-state index in [1.165, 1.54) is 12.1 Å². The van der Waals surface area contributed by atoms with E-state index < -0.39 is 71.0 Å². The highest BCUT2D eigenvalue weighted by atomic mass is 16.6. The predicted octanol–water partition coefficient (Wildman–Crippen LogP) is 0.503. The van der Waals surface area contributed by atoms with Gasteiger partial charge in [0.15, 0.2) is 0 Å². The maximum absolute atomic E-state index is 13.5. The molecule has 0 aliphatic carbocycles. The van der Waals surface area contributed by atoms with Crippen molar-refractivity contribution in [3.05, 3.63) is 47.5 Å². The summed E-state index contributed by atoms with van der Waals surface area (Å²) in [5.74, 6) is -5.18. The molecule has 0 aromatic heterocycles. The number of rotatable bonds is 10. The summed E-state index contributed by atoms with van der Waals surface area (Å²) in [6.45, 7) is 12.2. The molecule has 3 rings (SSSR count). The van der Waals surface area contributed by atoms with Gasteiger partial charge >= 0.3 is 47.8 Å². The molecule has 1 aliphatic rings. The Morgan fingerprint density at radius 3 is 1.63 bits per heavy atom. The minimum Gasteiger partial charge on any atom is -0.441 e. The summed E-state index contributed by atoms with van der Waals surface area (Å²) in [6.07, 6.45) is -0.954. The number of hydrogen-bond donors (Lipinski definition) is 13. The lowest BCUT2D eigenvalue weighted by atomic mass is 9.96. The van der Waals surface area contributed by atoms with Crippen LogP contribution in [0.5, 0.6) is 0 Å². The van der Waals surface area contributed by atoms with Gasteiger partial charge in [0.2, 0.25) is 0 Å². The minimum atomic E-state index is -1.34. The third-order valence-corrected chi connectivity index (χ3v) is 8.37. The normalized spacial score (nSPS) is 15.5. The van der Waals surface area contributed by atoms with Crippen LogP contribution in [0.15, 0.2) is 36.4 Å². The van der Waals surface area contributed by atoms with Gasteiger partial charge in [-0.25, -0.2) is 40.9 Å². The van der Waals surface area contributed by atoms with Crippen molar-refractivity contribution in [2.24, 2.45) is 0 Å². The lowest BCUT2D eigenvalue weighted by Crippen LogP contribution is -2.54. The molecule has 12 amide bonds. The van der Waals surface area contributed by atoms with E-state index in [4.69, 9.17) is 9.47 Å². The van der Waals surface area contributed by atoms with Gasteiger partial charge in [-0.15, -0.1) is 0 Å². The van der Waals surface area contributed by atoms with E-state index in [1.54, 1.807) is 72.7 Å². The maximum Gasteiger partial charge on any atom is 0.412 e. The molecule has 1 heterocycles. The first-order chi connectivity index (χ1) is 27.8. The van der Waals surface area contributed by atoms with Crippen molar-refractivity contribution in [1.29, 1.82) is 0 Å². The van der Waals surface area contributed by atoms with E-state index in [2.05, 4.69) is 42.9 Å². The average Bonchev–Trinajstić information content (AvgIpc) is 3.60. The highest BCUT2D eigenvalue weighted by molar-refractivity contribution is 6.35. The molecule has 2 aromatic rings. The van der Waals surface area contributed by atoms with Gasteiger partial charge in [0, 0.05) is 35.8 Å². The summed E-state index contributed by atoms with van der Waals surface area (Å²) in [5.41, 5.74) is 16.0. The summed E-state index contributed by atoms with van der Waals surface area (Å²) in [4.78, 5) is 110. The van der Waals surface area contributed by atoms with E-state index in [9.17, 15) is 43.2 Å². The van der Waals surface area contributed by atoms with Crippen molar-refractivity contribution in [2.45, 2.75) is 78.6 Å². The first kappa shape index (κ1) is 46.2. The fourth-order valence-corrected chi connectivity index (χ4v) is 5.12. The number of benzene rings is 2. The summed E-state index contributed by atoms with van der Waals surface area (Å²) < 4.78 is 11.9. The third kappa shape index (κ3) is 14.0. The Labute approximate surface area is 338 Å². The molecule has 13 N–H and O–H groups in total. The van der Waals surface area contributed by atoms with Crippen LogP contribution in [-0.4, -0.2) is 84.1 Å². The SMILES string of the molecule is CCNNC(=O)C(=O)NNC(=O)Nc1cc(NC(=O)OC(C)(C)C2CCC(C)(C(=O)Nc3ccc(C)c(NC(=O)NNC(=O)C(=O)NNC(=O)NCC)c3)O2)ccc1C. The molecule has 2 unspecified atom stereocenters. The molecule has 2 atom stereocenters. The van der Waals surface area contributed by atoms with Gasteiger partial charge in [-0.2, -0.15) is 0 Å². The molecule has 320 valence electrons. The lowest BCUT2D eigenvalue weighted by Gasteiger charge is -2.33. The number of nitrogens with one attached hydrogen (secondary N) is 13. The van der Waals surface area contributed by atoms with Gasteiger partial charge in [0.25, 0.3) is 5.91 Å². The molecule has 0 bridgehead atoms. The van der Waals surface area contributed by atoms with Crippen molar-refractivity contribution in [1.82, 2.24) is 48.7 Å². The van der Waals surface area contributed by atoms with Gasteiger partial charge < -0.3 is 30.7 Å². The second-order valence-corrected chi connectivity index (χ2v) is 13.5. The van der Waals surface area contributed by atoms with E-state index in [-0.39, 0.29) is 30.0 Å². The van der Waals surface area contributed by atoms with Crippen LogP contribution in [0.4, 0.5) is 41.9 Å². The number of anilines is 4. The quantitative estimate of drug-likeness (QED) is 0.115. The molecular weight excluding hydrogens is 778 g/mol. The van der Waals surface area contributed by atoms with Crippen molar-refractivity contribution in [2.75, 3.05) is 34.4 Å². The zero-order valence-corrected chi connectivity index (χ0v) is 33.4. The molecule has 24 nitrogen and oxygen atoms in total. The number of hydrogen-bond acceptors (Lipinski definition) is 12. The summed E-state index contributed by atoms with van der Waals surface area (Å²) in [7, 11) is 0. The van der Waals surface area contributed by atoms with Gasteiger partial charge in [0.1, 0.15) is 11.2 Å². The first-order valence-electron chi connectivity index (χ1n) is 18.1. The second-order valence-electron chi connectivity index (χ2n) is 13.5. The van der Waals surface area contributed by atoms with E-state index in [0.717, 1.165) is 0 Å². The topological polar surface area (TPSA) is 328 Å². The Bertz CT molecular complexity index is 1960. The Balaban J connectivity index is 1.52. The Hall–Kier alpha value is -7.21. The van der Waals surface area contributed by atoms with Crippen LogP contribution < -0.4 is 70.0 Å². The maximum atomic E-state index is 13.5. The highest BCUT2D eigenvalue weighted by Gasteiger charge is 2.49. The molecule has 1 fully saturated rings. The molecule has 59 heavy (non-hydrogen) atoms. The van der Waals surface area contributed by atoms with Crippen LogP contribution in [0.1, 0.15) is 58.6 Å². The molecule has 0 saturated carbocycles. The van der Waals surface area contributed by atoms with Crippen molar-refractivity contribution in [3.8, 4) is 0 Å². The summed E-state index contributed by atoms with van der Waals surface area (Å²) >= 11 is 0. The number of carbonyl (C=O) groups is 9. The number of hydrazine groups is 4. The standard InChI is InChI=1S/C35H49N13O11/c1-8-36-30(54)46-43-27(51)28(52)45-48-31(55)40-22-16-20(12-10-18(22)3)38-29(53)35(7)15-14-24(58-35)34(5,6)59-33(57)39-21-13-11-19(4)23(17-21)41-32(56)47-44-26(50)25(49)42-37-9-2/h10-13,16-17,24,37H,8-9,14-15H2,1-7H3,(H,38,53)(H,39,57)(H,42,49)(H,43,51)(H,44,50)(H,45,52)(H2,36,46,54)(H2,40,48,55)(H2,41,47,56). The van der Waals surface area contributed by atoms with E-state index >= 15 is 0 Å². The molecule has 24 heteroatoms. The van der Waals surface area contributed by atoms with Crippen LogP contribution >= 0.6 is 0 Å². The lowest BCUT2D eigenvalue weighted by molar-refractivity contribution is -0.149. The Morgan fingerprint density at radius 1 is 0.661 bits per heavy atom. The number of carbonyl (C=O) groups excluding carboxylic acids is 9. The molecule has 0 spiro atoms. The van der Waals surface area contributed by atoms with Crippen LogP contribution in [0.3, 0.4) is 0 Å². The number of aryl methyl sites for hydroxylation is 2. The van der Waals surface area contributed by atoms with Crippen molar-refractivity contribution in [3.63, 3.8) is 0 Å². The zero-order chi connectivity index (χ0) is 43.9. The van der Waals surface area contributed by atoms with Crippen molar-refractivity contribution >= 4 is 76.5 Å². The van der Waals surface area contributed by atoms with Crippen LogP contribution in [-0.2, 0) is 33.4 Å². The molecular formula is C35H49N13O11. The van der Waals surface area contributed by atoms with Gasteiger partial charge in [-0.05, 0) is 89.8 Å². The fraction of sp³-hybridized carbons (Fsp3) is 0.400. The zero-order valence-electron chi connectivity index (χ0n) is 33.4. The third-order valence-electron chi connectivity index (χ3n) is 8.37. The van der Waals surface area contributed by atoms with Gasteiger partial charge in [0.05, 0.1) is 6.10 Å². The molecule has 1 aliphatic heterocycles. The smallest absolute Gasteiger partial charge is 0.412 e. The first-order valence-corrected chi connectivity index (χ1v) is 18.1. The van der Waals surface area contributed by atoms with E-state index in [1.807, 2.05) is 27.1 Å². The second kappa shape index (κ2) is 20.8. The predicted molar refractivity (Wildman–Crippen MR) is 210 cm³/mol. The molecule has 2 aromatic carbocycles. The fourth-order valence-electron chi connectivity index (χ4n) is 5.12. The summed E-state index contributed by atoms with van der Waals surface area (Å²) in [6, 6.07) is 6.79. The van der Waals surface area contributed by atoms with Crippen LogP contribution in [0.2, 0.25) is 0 Å². The van der Waals surface area contributed by atoms with Crippen molar-refractivity contribution < 1.29 is 52.6 Å². The average molecular weight is 828 g/mol. The van der Waals surface area contributed by atoms with Crippen LogP contribution in [0.25, 0.3) is 0 Å². The summed E-state index contributed by atoms with van der Waals surface area (Å²) in [5, 5.41) is 12.7. The molecule has 1 saturated heterocycles. The Morgan fingerprint density at radius 2 is 1.14 bits per heavy atom. The minimum absolute atomic E-state index is 0.251. The van der Waals surface area contributed by atoms with Crippen LogP contribution in [0, 0.1) is 13.8 Å². The van der Waals surface area contributed by atoms with Gasteiger partial charge in [-0.3, -0.25) is 51.0 Å². The monoisotopic (exact) mass is 827 g/mol. The number of amides is 12. The Kier molecular flexibility index (Phi) is 16.3. The number of urea groups is 3. The number of ether oxygens (including phenoxy) is 2. The highest BCUT2D eigenvalue weighted by Crippen LogP contribution is 2.38.